The van der Waals surface area contributed by atoms with Gasteiger partial charge >= 0.3 is 0 Å². The lowest BCUT2D eigenvalue weighted by Gasteiger charge is -2.14. The van der Waals surface area contributed by atoms with Gasteiger partial charge in [0.2, 0.25) is 5.91 Å². The van der Waals surface area contributed by atoms with Gasteiger partial charge in [0, 0.05) is 39.2 Å². The first-order valence-electron chi connectivity index (χ1n) is 8.85. The number of pyridine rings is 1. The van der Waals surface area contributed by atoms with E-state index < -0.39 is 0 Å². The number of amides is 2. The standard InChI is InChI=1S/C20H26N4O3/c1-14-6-4-5-7-16(14)18-9-8-17(19(24-18)22-12-13-27-3)20(26)23-11-10-21-15(2)25/h4-9H,10-13H2,1-3H3,(H,21,25)(H,22,24)(H,23,26). The van der Waals surface area contributed by atoms with E-state index in [0.717, 1.165) is 16.8 Å². The van der Waals surface area contributed by atoms with Gasteiger partial charge in [-0.1, -0.05) is 24.3 Å². The Balaban J connectivity index is 2.21. The van der Waals surface area contributed by atoms with Crippen LogP contribution in [0.1, 0.15) is 22.8 Å². The molecule has 144 valence electrons. The number of nitrogens with zero attached hydrogens (tertiary/aromatic N) is 1. The molecule has 0 saturated carbocycles. The number of methoxy groups -OCH3 is 1. The van der Waals surface area contributed by atoms with Crippen LogP contribution in [0.3, 0.4) is 0 Å². The van der Waals surface area contributed by atoms with Gasteiger partial charge in [0.1, 0.15) is 5.82 Å². The molecule has 0 radical (unpaired) electrons. The summed E-state index contributed by atoms with van der Waals surface area (Å²) in [6.07, 6.45) is 0. The predicted molar refractivity (Wildman–Crippen MR) is 106 cm³/mol. The second-order valence-corrected chi connectivity index (χ2v) is 6.07. The molecule has 0 aliphatic carbocycles. The molecule has 0 unspecified atom stereocenters. The molecule has 1 heterocycles. The number of aromatic nitrogens is 1. The maximum Gasteiger partial charge on any atom is 0.255 e. The third kappa shape index (κ3) is 6.07. The molecule has 1 aromatic heterocycles. The maximum atomic E-state index is 12.5. The Morgan fingerprint density at radius 3 is 2.48 bits per heavy atom. The number of aryl methyl sites for hydroxylation is 1. The Bertz CT molecular complexity index is 793. The minimum atomic E-state index is -0.246. The van der Waals surface area contributed by atoms with Crippen LogP contribution < -0.4 is 16.0 Å². The summed E-state index contributed by atoms with van der Waals surface area (Å²) < 4.78 is 5.07. The van der Waals surface area contributed by atoms with Gasteiger partial charge in [-0.05, 0) is 24.6 Å². The van der Waals surface area contributed by atoms with E-state index in [1.807, 2.05) is 37.3 Å². The van der Waals surface area contributed by atoms with Gasteiger partial charge in [-0.25, -0.2) is 4.98 Å². The largest absolute Gasteiger partial charge is 0.383 e. The fourth-order valence-electron chi connectivity index (χ4n) is 2.57. The van der Waals surface area contributed by atoms with E-state index in [1.165, 1.54) is 6.92 Å². The van der Waals surface area contributed by atoms with Crippen molar-refractivity contribution in [3.8, 4) is 11.3 Å². The Morgan fingerprint density at radius 2 is 1.78 bits per heavy atom. The Labute approximate surface area is 159 Å². The van der Waals surface area contributed by atoms with Crippen LogP contribution in [0.25, 0.3) is 11.3 Å². The van der Waals surface area contributed by atoms with Crippen molar-refractivity contribution in [3.63, 3.8) is 0 Å². The number of carbonyl (C=O) groups is 2. The zero-order valence-electron chi connectivity index (χ0n) is 16.0. The van der Waals surface area contributed by atoms with E-state index in [-0.39, 0.29) is 11.8 Å². The van der Waals surface area contributed by atoms with Crippen molar-refractivity contribution in [2.24, 2.45) is 0 Å². The molecule has 2 rings (SSSR count). The number of ether oxygens (including phenoxy) is 1. The summed E-state index contributed by atoms with van der Waals surface area (Å²) in [4.78, 5) is 28.1. The summed E-state index contributed by atoms with van der Waals surface area (Å²) in [6, 6.07) is 11.6. The van der Waals surface area contributed by atoms with Gasteiger partial charge in [-0.2, -0.15) is 0 Å². The molecule has 2 aromatic rings. The van der Waals surface area contributed by atoms with Crippen LogP contribution in [0.4, 0.5) is 5.82 Å². The average molecular weight is 370 g/mol. The predicted octanol–water partition coefficient (Wildman–Crippen LogP) is 1.98. The minimum absolute atomic E-state index is 0.129. The summed E-state index contributed by atoms with van der Waals surface area (Å²) in [7, 11) is 1.62. The summed E-state index contributed by atoms with van der Waals surface area (Å²) in [5.41, 5.74) is 3.37. The lowest BCUT2D eigenvalue weighted by atomic mass is 10.0. The highest BCUT2D eigenvalue weighted by atomic mass is 16.5. The highest BCUT2D eigenvalue weighted by Gasteiger charge is 2.14. The van der Waals surface area contributed by atoms with Gasteiger partial charge in [0.25, 0.3) is 5.91 Å². The van der Waals surface area contributed by atoms with Gasteiger partial charge in [0.15, 0.2) is 0 Å². The Morgan fingerprint density at radius 1 is 1.04 bits per heavy atom. The van der Waals surface area contributed by atoms with Gasteiger partial charge < -0.3 is 20.7 Å². The molecule has 0 bridgehead atoms. The van der Waals surface area contributed by atoms with E-state index in [1.54, 1.807) is 13.2 Å². The number of rotatable bonds is 9. The Hall–Kier alpha value is -2.93. The van der Waals surface area contributed by atoms with Crippen molar-refractivity contribution in [2.75, 3.05) is 38.7 Å². The van der Waals surface area contributed by atoms with Crippen LogP contribution in [0.5, 0.6) is 0 Å². The normalized spacial score (nSPS) is 10.3. The lowest BCUT2D eigenvalue weighted by molar-refractivity contribution is -0.118. The van der Waals surface area contributed by atoms with Crippen molar-refractivity contribution < 1.29 is 14.3 Å². The number of hydrogen-bond donors (Lipinski definition) is 3. The number of nitrogens with one attached hydrogen (secondary N) is 3. The van der Waals surface area contributed by atoms with Crippen molar-refractivity contribution in [3.05, 3.63) is 47.5 Å². The summed E-state index contributed by atoms with van der Waals surface area (Å²) >= 11 is 0. The van der Waals surface area contributed by atoms with Crippen LogP contribution in [0.2, 0.25) is 0 Å². The smallest absolute Gasteiger partial charge is 0.255 e. The molecule has 27 heavy (non-hydrogen) atoms. The van der Waals surface area contributed by atoms with E-state index in [4.69, 9.17) is 4.74 Å². The van der Waals surface area contributed by atoms with Gasteiger partial charge in [-0.15, -0.1) is 0 Å². The lowest BCUT2D eigenvalue weighted by Crippen LogP contribution is -2.34. The van der Waals surface area contributed by atoms with Crippen molar-refractivity contribution >= 4 is 17.6 Å². The molecule has 7 heteroatoms. The van der Waals surface area contributed by atoms with Crippen molar-refractivity contribution in [2.45, 2.75) is 13.8 Å². The van der Waals surface area contributed by atoms with Crippen LogP contribution >= 0.6 is 0 Å². The molecular formula is C20H26N4O3. The molecule has 3 N–H and O–H groups in total. The van der Waals surface area contributed by atoms with Crippen LogP contribution in [-0.4, -0.2) is 50.1 Å². The summed E-state index contributed by atoms with van der Waals surface area (Å²) in [5, 5.41) is 8.60. The van der Waals surface area contributed by atoms with E-state index >= 15 is 0 Å². The Kier molecular flexibility index (Phi) is 7.76. The topological polar surface area (TPSA) is 92.3 Å². The van der Waals surface area contributed by atoms with E-state index in [9.17, 15) is 9.59 Å². The molecule has 0 fully saturated rings. The van der Waals surface area contributed by atoms with Crippen LogP contribution in [-0.2, 0) is 9.53 Å². The second-order valence-electron chi connectivity index (χ2n) is 6.07. The maximum absolute atomic E-state index is 12.5. The zero-order valence-corrected chi connectivity index (χ0v) is 16.0. The molecular weight excluding hydrogens is 344 g/mol. The summed E-state index contributed by atoms with van der Waals surface area (Å²) in [6.45, 7) is 5.22. The molecule has 0 aliphatic rings. The number of anilines is 1. The zero-order chi connectivity index (χ0) is 19.6. The highest BCUT2D eigenvalue weighted by Crippen LogP contribution is 2.24. The first-order chi connectivity index (χ1) is 13.0. The fraction of sp³-hybridized carbons (Fsp3) is 0.350. The average Bonchev–Trinajstić information content (AvgIpc) is 2.65. The fourth-order valence-corrected chi connectivity index (χ4v) is 2.57. The first-order valence-corrected chi connectivity index (χ1v) is 8.85. The molecule has 2 amide bonds. The molecule has 0 spiro atoms. The molecule has 0 atom stereocenters. The molecule has 7 nitrogen and oxygen atoms in total. The molecule has 1 aromatic carbocycles. The third-order valence-electron chi connectivity index (χ3n) is 3.94. The van der Waals surface area contributed by atoms with Crippen LogP contribution in [0.15, 0.2) is 36.4 Å². The number of benzene rings is 1. The van der Waals surface area contributed by atoms with Crippen molar-refractivity contribution in [1.29, 1.82) is 0 Å². The highest BCUT2D eigenvalue weighted by molar-refractivity contribution is 5.99. The minimum Gasteiger partial charge on any atom is -0.383 e. The second kappa shape index (κ2) is 10.3. The van der Waals surface area contributed by atoms with E-state index in [0.29, 0.717) is 37.6 Å². The first kappa shape index (κ1) is 20.4. The van der Waals surface area contributed by atoms with Gasteiger partial charge in [0.05, 0.1) is 17.9 Å². The molecule has 0 saturated heterocycles. The van der Waals surface area contributed by atoms with Crippen molar-refractivity contribution in [1.82, 2.24) is 15.6 Å². The van der Waals surface area contributed by atoms with Crippen LogP contribution in [0, 0.1) is 6.92 Å². The monoisotopic (exact) mass is 370 g/mol. The number of carbonyl (C=O) groups excluding carboxylic acids is 2. The SMILES string of the molecule is COCCNc1nc(-c2ccccc2C)ccc1C(=O)NCCNC(C)=O. The summed E-state index contributed by atoms with van der Waals surface area (Å²) in [5.74, 6) is 0.129. The number of hydrogen-bond acceptors (Lipinski definition) is 5. The van der Waals surface area contributed by atoms with E-state index in [2.05, 4.69) is 20.9 Å². The third-order valence-corrected chi connectivity index (χ3v) is 3.94. The molecule has 0 aliphatic heterocycles. The quantitative estimate of drug-likeness (QED) is 0.587. The van der Waals surface area contributed by atoms with Gasteiger partial charge in [-0.3, -0.25) is 9.59 Å².